The van der Waals surface area contributed by atoms with Crippen molar-refractivity contribution in [3.05, 3.63) is 59.4 Å². The average Bonchev–Trinajstić information content (AvgIpc) is 2.94. The van der Waals surface area contributed by atoms with Crippen LogP contribution < -0.4 is 33.3 Å². The summed E-state index contributed by atoms with van der Waals surface area (Å²) in [4.78, 5) is 37.5. The van der Waals surface area contributed by atoms with E-state index in [2.05, 4.69) is 10.6 Å². The van der Waals surface area contributed by atoms with E-state index in [0.717, 1.165) is 36.2 Å². The molecule has 3 amide bonds. The van der Waals surface area contributed by atoms with Gasteiger partial charge in [-0.2, -0.15) is 13.2 Å². The zero-order chi connectivity index (χ0) is 31.9. The highest BCUT2D eigenvalue weighted by molar-refractivity contribution is 6.58. The van der Waals surface area contributed by atoms with E-state index in [1.165, 1.54) is 23.1 Å². The van der Waals surface area contributed by atoms with Gasteiger partial charge in [0.05, 0.1) is 18.2 Å². The van der Waals surface area contributed by atoms with Crippen molar-refractivity contribution in [2.75, 3.05) is 38.0 Å². The Morgan fingerprint density at radius 3 is 2.10 bits per heavy atom. The minimum absolute atomic E-state index is 0.0309. The second-order valence-electron chi connectivity index (χ2n) is 9.03. The molecule has 232 valence electrons. The fourth-order valence-corrected chi connectivity index (χ4v) is 3.49. The lowest BCUT2D eigenvalue weighted by Crippen LogP contribution is -2.45. The summed E-state index contributed by atoms with van der Waals surface area (Å²) in [6.45, 7) is 2.79. The van der Waals surface area contributed by atoms with E-state index in [4.69, 9.17) is 27.2 Å². The van der Waals surface area contributed by atoms with Crippen LogP contribution in [0.2, 0.25) is 0 Å². The summed E-state index contributed by atoms with van der Waals surface area (Å²) in [5.41, 5.74) is 16.7. The monoisotopic (exact) mass is 600 g/mol. The number of nitrogens with zero attached hydrogens (tertiary/aromatic N) is 1. The van der Waals surface area contributed by atoms with Gasteiger partial charge in [-0.05, 0) is 42.7 Å². The molecule has 0 aliphatic heterocycles. The van der Waals surface area contributed by atoms with Crippen molar-refractivity contribution >= 4 is 36.0 Å². The van der Waals surface area contributed by atoms with Crippen LogP contribution in [0.15, 0.2) is 42.5 Å². The summed E-state index contributed by atoms with van der Waals surface area (Å²) < 4.78 is 49.7. The van der Waals surface area contributed by atoms with Gasteiger partial charge in [0.2, 0.25) is 17.7 Å². The van der Waals surface area contributed by atoms with Crippen molar-refractivity contribution in [1.82, 2.24) is 10.2 Å². The van der Waals surface area contributed by atoms with E-state index in [1.54, 1.807) is 0 Å². The molecule has 10 N–H and O–H groups in total. The predicted octanol–water partition coefficient (Wildman–Crippen LogP) is -0.318. The van der Waals surface area contributed by atoms with Crippen molar-refractivity contribution in [2.24, 2.45) is 17.2 Å². The standard InChI is InChI=1S/C17H28BFN6O5.C9H9F3/c19-13-9-11(1-2-12(13)18(29)30)24-15(26)10-23-17(28)14(22)3-4-16(27)25(7-5-20)8-6-21;1-2-7-3-5-8(6-4-7)9(10,11)12/h1-2,9,14,29-30H,3-8,10,20-22H2,(H,23,28)(H,24,26);3-6H,2H2,1H3. The third-order valence-corrected chi connectivity index (χ3v) is 5.83. The minimum Gasteiger partial charge on any atom is -0.423 e. The summed E-state index contributed by atoms with van der Waals surface area (Å²) >= 11 is 0. The highest BCUT2D eigenvalue weighted by Crippen LogP contribution is 2.29. The second kappa shape index (κ2) is 18.1. The van der Waals surface area contributed by atoms with Gasteiger partial charge in [0.25, 0.3) is 0 Å². The van der Waals surface area contributed by atoms with E-state index in [0.29, 0.717) is 26.2 Å². The molecule has 0 aliphatic rings. The predicted molar refractivity (Wildman–Crippen MR) is 151 cm³/mol. The summed E-state index contributed by atoms with van der Waals surface area (Å²) in [5.74, 6) is -2.38. The third-order valence-electron chi connectivity index (χ3n) is 5.83. The van der Waals surface area contributed by atoms with E-state index in [9.17, 15) is 31.9 Å². The van der Waals surface area contributed by atoms with Crippen LogP contribution in [-0.4, -0.2) is 78.6 Å². The van der Waals surface area contributed by atoms with Crippen LogP contribution in [0.5, 0.6) is 0 Å². The van der Waals surface area contributed by atoms with Crippen LogP contribution >= 0.6 is 0 Å². The lowest BCUT2D eigenvalue weighted by Gasteiger charge is -2.22. The van der Waals surface area contributed by atoms with Gasteiger partial charge in [-0.25, -0.2) is 4.39 Å². The quantitative estimate of drug-likeness (QED) is 0.120. The maximum Gasteiger partial charge on any atom is 0.491 e. The molecule has 0 fully saturated rings. The van der Waals surface area contributed by atoms with Gasteiger partial charge in [0.15, 0.2) is 0 Å². The number of aryl methyl sites for hydroxylation is 1. The molecule has 1 unspecified atom stereocenters. The van der Waals surface area contributed by atoms with Gasteiger partial charge in [0, 0.05) is 43.8 Å². The molecule has 0 aromatic heterocycles. The van der Waals surface area contributed by atoms with Gasteiger partial charge in [-0.1, -0.05) is 25.1 Å². The first kappa shape index (κ1) is 36.5. The molecule has 0 heterocycles. The van der Waals surface area contributed by atoms with Gasteiger partial charge < -0.3 is 42.8 Å². The van der Waals surface area contributed by atoms with Crippen molar-refractivity contribution in [3.8, 4) is 0 Å². The topological polar surface area (TPSA) is 197 Å². The highest BCUT2D eigenvalue weighted by Gasteiger charge is 2.29. The molecule has 0 bridgehead atoms. The van der Waals surface area contributed by atoms with Gasteiger partial charge in [-0.15, -0.1) is 0 Å². The van der Waals surface area contributed by atoms with Crippen molar-refractivity contribution in [3.63, 3.8) is 0 Å². The van der Waals surface area contributed by atoms with Crippen molar-refractivity contribution in [2.45, 2.75) is 38.4 Å². The van der Waals surface area contributed by atoms with E-state index < -0.39 is 49.1 Å². The fourth-order valence-electron chi connectivity index (χ4n) is 3.49. The number of benzene rings is 2. The van der Waals surface area contributed by atoms with E-state index >= 15 is 0 Å². The first-order chi connectivity index (χ1) is 19.7. The van der Waals surface area contributed by atoms with E-state index in [1.807, 2.05) is 6.92 Å². The molecule has 2 aromatic carbocycles. The van der Waals surface area contributed by atoms with Crippen LogP contribution in [0, 0.1) is 5.82 Å². The lowest BCUT2D eigenvalue weighted by molar-refractivity contribution is -0.137. The molecule has 0 saturated heterocycles. The van der Waals surface area contributed by atoms with Crippen LogP contribution in [0.25, 0.3) is 0 Å². The van der Waals surface area contributed by atoms with Gasteiger partial charge >= 0.3 is 13.3 Å². The number of rotatable bonds is 13. The zero-order valence-electron chi connectivity index (χ0n) is 23.2. The Morgan fingerprint density at radius 1 is 1.02 bits per heavy atom. The number of carbonyl (C=O) groups excluding carboxylic acids is 3. The second-order valence-corrected chi connectivity index (χ2v) is 9.03. The van der Waals surface area contributed by atoms with Crippen LogP contribution in [0.4, 0.5) is 23.2 Å². The maximum atomic E-state index is 13.7. The number of hydrogen-bond donors (Lipinski definition) is 7. The fraction of sp³-hybridized carbons (Fsp3) is 0.423. The average molecular weight is 600 g/mol. The molecule has 0 spiro atoms. The Bertz CT molecular complexity index is 1150. The van der Waals surface area contributed by atoms with Crippen molar-refractivity contribution < 1.29 is 42.0 Å². The number of nitrogens with one attached hydrogen (secondary N) is 2. The molecule has 42 heavy (non-hydrogen) atoms. The molecule has 16 heteroatoms. The minimum atomic E-state index is -4.22. The summed E-state index contributed by atoms with van der Waals surface area (Å²) in [7, 11) is -1.97. The maximum absolute atomic E-state index is 13.7. The van der Waals surface area contributed by atoms with Crippen LogP contribution in [-0.2, 0) is 27.0 Å². The number of nitrogens with two attached hydrogens (primary N) is 3. The van der Waals surface area contributed by atoms with Crippen LogP contribution in [0.1, 0.15) is 30.9 Å². The Balaban J connectivity index is 0.000000609. The Kier molecular flexibility index (Phi) is 15.7. The SMILES string of the molecule is CCc1ccc(C(F)(F)F)cc1.NCCN(CCN)C(=O)CCC(N)C(=O)NCC(=O)Nc1ccc(B(O)O)c(F)c1. The number of halogens is 4. The molecule has 1 atom stereocenters. The summed E-state index contributed by atoms with van der Waals surface area (Å²) in [6, 6.07) is 7.54. The Hall–Kier alpha value is -3.57. The Morgan fingerprint density at radius 2 is 1.62 bits per heavy atom. The largest absolute Gasteiger partial charge is 0.491 e. The molecule has 11 nitrogen and oxygen atoms in total. The first-order valence-corrected chi connectivity index (χ1v) is 13.1. The van der Waals surface area contributed by atoms with Gasteiger partial charge in [-0.3, -0.25) is 14.4 Å². The molecule has 0 saturated carbocycles. The third kappa shape index (κ3) is 13.0. The van der Waals surface area contributed by atoms with Gasteiger partial charge in [0.1, 0.15) is 5.82 Å². The molecular formula is C26H37BF4N6O5. The lowest BCUT2D eigenvalue weighted by atomic mass is 9.80. The number of anilines is 1. The molecular weight excluding hydrogens is 563 g/mol. The molecule has 0 aliphatic carbocycles. The molecule has 2 aromatic rings. The Labute approximate surface area is 241 Å². The highest BCUT2D eigenvalue weighted by atomic mass is 19.4. The zero-order valence-corrected chi connectivity index (χ0v) is 23.2. The first-order valence-electron chi connectivity index (χ1n) is 13.1. The van der Waals surface area contributed by atoms with E-state index in [-0.39, 0.29) is 29.9 Å². The van der Waals surface area contributed by atoms with Crippen molar-refractivity contribution in [1.29, 1.82) is 0 Å². The number of alkyl halides is 3. The molecule has 2 rings (SSSR count). The number of hydrogen-bond acceptors (Lipinski definition) is 8. The van der Waals surface area contributed by atoms with Crippen LogP contribution in [0.3, 0.4) is 0 Å². The summed E-state index contributed by atoms with van der Waals surface area (Å²) in [5, 5.41) is 22.6. The molecule has 0 radical (unpaired) electrons. The number of amides is 3. The number of carbonyl (C=O) groups is 3. The summed E-state index contributed by atoms with van der Waals surface area (Å²) in [6.07, 6.45) is -3.35. The smallest absolute Gasteiger partial charge is 0.423 e. The normalized spacial score (nSPS) is 11.6.